The van der Waals surface area contributed by atoms with Crippen LogP contribution in [0, 0.1) is 0 Å². The molecule has 0 saturated carbocycles. The molecular formula is C58H35N3Se. The van der Waals surface area contributed by atoms with Gasteiger partial charge in [-0.25, -0.2) is 0 Å². The van der Waals surface area contributed by atoms with Crippen LogP contribution in [-0.2, 0) is 5.41 Å². The fourth-order valence-corrected chi connectivity index (χ4v) is 12.9. The van der Waals surface area contributed by atoms with Crippen LogP contribution in [0.4, 0.5) is 0 Å². The predicted molar refractivity (Wildman–Crippen MR) is 255 cm³/mol. The molecule has 11 aromatic rings. The number of nitrogens with zero attached hydrogens (tertiary/aromatic N) is 3. The summed E-state index contributed by atoms with van der Waals surface area (Å²) < 4.78 is 2.71. The van der Waals surface area contributed by atoms with E-state index in [1.165, 1.54) is 80.5 Å². The Balaban J connectivity index is 1.03. The van der Waals surface area contributed by atoms with Gasteiger partial charge in [-0.2, -0.15) is 0 Å². The molecule has 2 heterocycles. The van der Waals surface area contributed by atoms with Gasteiger partial charge in [0.2, 0.25) is 0 Å². The third-order valence-corrected chi connectivity index (χ3v) is 15.5. The van der Waals surface area contributed by atoms with E-state index in [0.29, 0.717) is 17.5 Å². The third kappa shape index (κ3) is 5.15. The van der Waals surface area contributed by atoms with Crippen LogP contribution in [0.15, 0.2) is 212 Å². The molecule has 4 heteroatoms. The summed E-state index contributed by atoms with van der Waals surface area (Å²) in [6.07, 6.45) is 0. The van der Waals surface area contributed by atoms with Crippen LogP contribution in [0.3, 0.4) is 0 Å². The first-order valence-corrected chi connectivity index (χ1v) is 22.8. The summed E-state index contributed by atoms with van der Waals surface area (Å²) in [6, 6.07) is 77.0. The maximum atomic E-state index is 5.49. The molecule has 3 nitrogen and oxygen atoms in total. The molecule has 2 aromatic heterocycles. The first-order chi connectivity index (χ1) is 30.7. The van der Waals surface area contributed by atoms with Crippen molar-refractivity contribution in [1.82, 2.24) is 15.0 Å². The minimum absolute atomic E-state index is 0.119. The molecule has 0 amide bonds. The van der Waals surface area contributed by atoms with Gasteiger partial charge >= 0.3 is 313 Å². The molecule has 2 aliphatic rings. The van der Waals surface area contributed by atoms with E-state index in [4.69, 9.17) is 15.0 Å². The monoisotopic (exact) mass is 853 g/mol. The van der Waals surface area contributed by atoms with Gasteiger partial charge in [-0.1, -0.05) is 48.5 Å². The molecule has 2 aliphatic carbocycles. The van der Waals surface area contributed by atoms with E-state index < -0.39 is 5.41 Å². The first kappa shape index (κ1) is 35.3. The van der Waals surface area contributed by atoms with Crippen LogP contribution in [0.1, 0.15) is 22.3 Å². The number of benzene rings is 9. The van der Waals surface area contributed by atoms with Crippen LogP contribution < -0.4 is 0 Å². The molecule has 13 rings (SSSR count). The Morgan fingerprint density at radius 3 is 1.52 bits per heavy atom. The van der Waals surface area contributed by atoms with E-state index in [9.17, 15) is 0 Å². The van der Waals surface area contributed by atoms with Gasteiger partial charge in [0.25, 0.3) is 0 Å². The van der Waals surface area contributed by atoms with E-state index in [0.717, 1.165) is 22.3 Å². The second kappa shape index (κ2) is 13.8. The molecule has 0 atom stereocenters. The van der Waals surface area contributed by atoms with Crippen LogP contribution >= 0.6 is 0 Å². The second-order valence-electron chi connectivity index (χ2n) is 16.2. The standard InChI is InChI=1S/C58H35N3Se/c1-2-15-36(16-3-1)39-17-12-18-40(35-39)37-31-33-38(34-32-37)55-59-56(61-57(60-55)47-25-13-23-44-43-21-7-11-30-52(43)62-54(44)47)46-24-14-29-51-53(46)45-22-6-10-28-50(45)58(51)48-26-8-4-19-41(48)42-20-5-9-27-49(42)58/h1-35H. The van der Waals surface area contributed by atoms with E-state index >= 15 is 0 Å². The molecule has 0 unspecified atom stereocenters. The van der Waals surface area contributed by atoms with Gasteiger partial charge in [-0.3, -0.25) is 0 Å². The molecule has 0 radical (unpaired) electrons. The van der Waals surface area contributed by atoms with E-state index in [1.54, 1.807) is 0 Å². The Kier molecular flexibility index (Phi) is 7.84. The van der Waals surface area contributed by atoms with Gasteiger partial charge in [0.05, 0.1) is 0 Å². The number of rotatable bonds is 5. The topological polar surface area (TPSA) is 38.7 Å². The molecule has 0 N–H and O–H groups in total. The molecular weight excluding hydrogens is 818 g/mol. The summed E-state index contributed by atoms with van der Waals surface area (Å²) in [5.41, 5.74) is 17.4. The van der Waals surface area contributed by atoms with Crippen LogP contribution in [0.2, 0.25) is 0 Å². The normalized spacial score (nSPS) is 13.0. The first-order valence-electron chi connectivity index (χ1n) is 21.1. The molecule has 62 heavy (non-hydrogen) atoms. The molecule has 1 spiro atoms. The van der Waals surface area contributed by atoms with Gasteiger partial charge in [0.15, 0.2) is 0 Å². The number of fused-ring (bicyclic) bond motifs is 13. The van der Waals surface area contributed by atoms with Crippen molar-refractivity contribution in [3.63, 3.8) is 0 Å². The van der Waals surface area contributed by atoms with Crippen molar-refractivity contribution in [1.29, 1.82) is 0 Å². The summed E-state index contributed by atoms with van der Waals surface area (Å²) in [6.45, 7) is 0. The van der Waals surface area contributed by atoms with Crippen molar-refractivity contribution in [2.45, 2.75) is 5.41 Å². The van der Waals surface area contributed by atoms with E-state index in [1.807, 2.05) is 0 Å². The van der Waals surface area contributed by atoms with Crippen molar-refractivity contribution in [3.05, 3.63) is 235 Å². The van der Waals surface area contributed by atoms with Crippen molar-refractivity contribution in [2.75, 3.05) is 0 Å². The van der Waals surface area contributed by atoms with Gasteiger partial charge in [-0.15, -0.1) is 0 Å². The summed E-state index contributed by atoms with van der Waals surface area (Å²) in [7, 11) is 0. The zero-order valence-electron chi connectivity index (χ0n) is 33.5. The van der Waals surface area contributed by atoms with Gasteiger partial charge in [-0.05, 0) is 5.56 Å². The van der Waals surface area contributed by atoms with Crippen LogP contribution in [-0.4, -0.2) is 29.5 Å². The van der Waals surface area contributed by atoms with Crippen LogP contribution in [0.25, 0.3) is 98.0 Å². The van der Waals surface area contributed by atoms with Gasteiger partial charge < -0.3 is 0 Å². The molecule has 0 fully saturated rings. The van der Waals surface area contributed by atoms with Crippen molar-refractivity contribution < 1.29 is 0 Å². The SMILES string of the molecule is c1ccc(-c2cccc(-c3ccc(-c4nc(-c5cccc6c5-c5ccccc5C65c6ccccc6-c6ccccc65)nc(-c5cccc6c5[se]c5ccccc56)n4)cc3)c2)cc1. The summed E-state index contributed by atoms with van der Waals surface area (Å²) in [5, 5.41) is 2.59. The maximum absolute atomic E-state index is 5.49. The Labute approximate surface area is 365 Å². The summed E-state index contributed by atoms with van der Waals surface area (Å²) in [5.74, 6) is 2.03. The average Bonchev–Trinajstić information content (AvgIpc) is 3.99. The molecule has 288 valence electrons. The minimum Gasteiger partial charge on any atom is -0.0617 e. The van der Waals surface area contributed by atoms with E-state index in [2.05, 4.69) is 212 Å². The molecule has 9 aromatic carbocycles. The predicted octanol–water partition coefficient (Wildman–Crippen LogP) is 13.9. The number of aromatic nitrogens is 3. The fourth-order valence-electron chi connectivity index (χ4n) is 10.3. The van der Waals surface area contributed by atoms with Crippen molar-refractivity contribution in [3.8, 4) is 78.7 Å². The van der Waals surface area contributed by atoms with Crippen molar-refractivity contribution >= 4 is 33.8 Å². The Bertz CT molecular complexity index is 3540. The number of hydrogen-bond donors (Lipinski definition) is 0. The maximum Gasteiger partial charge on any atom is -0.0544 e. The third-order valence-electron chi connectivity index (χ3n) is 13.0. The summed E-state index contributed by atoms with van der Waals surface area (Å²) >= 11 is 0.119. The Morgan fingerprint density at radius 1 is 0.306 bits per heavy atom. The molecule has 0 bridgehead atoms. The van der Waals surface area contributed by atoms with Gasteiger partial charge in [0.1, 0.15) is 0 Å². The zero-order chi connectivity index (χ0) is 40.8. The molecule has 0 aliphatic heterocycles. The van der Waals surface area contributed by atoms with Gasteiger partial charge in [0, 0.05) is 0 Å². The minimum atomic E-state index is -0.462. The zero-order valence-corrected chi connectivity index (χ0v) is 35.2. The fraction of sp³-hybridized carbons (Fsp3) is 0.0172. The van der Waals surface area contributed by atoms with E-state index in [-0.39, 0.29) is 14.5 Å². The quantitative estimate of drug-likeness (QED) is 0.162. The number of hydrogen-bond acceptors (Lipinski definition) is 3. The Hall–Kier alpha value is -7.49. The van der Waals surface area contributed by atoms with Crippen LogP contribution in [0.5, 0.6) is 0 Å². The second-order valence-corrected chi connectivity index (χ2v) is 18.4. The van der Waals surface area contributed by atoms with Crippen molar-refractivity contribution in [2.24, 2.45) is 0 Å². The smallest absolute Gasteiger partial charge is 0.0544 e. The molecule has 0 saturated heterocycles. The average molecular weight is 853 g/mol. The summed E-state index contributed by atoms with van der Waals surface area (Å²) in [4.78, 5) is 16.3. The Morgan fingerprint density at radius 2 is 0.774 bits per heavy atom. The largest absolute Gasteiger partial charge is 0.0617 e.